The van der Waals surface area contributed by atoms with Crippen LogP contribution in [0, 0.1) is 0 Å². The molecule has 0 nitrogen and oxygen atoms in total. The average molecular weight is 145 g/mol. The third-order valence-electron chi connectivity index (χ3n) is 1.65. The number of alkyl halides is 1. The van der Waals surface area contributed by atoms with Crippen molar-refractivity contribution in [3.8, 4) is 0 Å². The monoisotopic (exact) mass is 144 g/mol. The van der Waals surface area contributed by atoms with Crippen molar-refractivity contribution in [2.24, 2.45) is 0 Å². The van der Waals surface area contributed by atoms with Gasteiger partial charge >= 0.3 is 23.1 Å². The smallest absolute Gasteiger partial charge is 1.00 e. The minimum atomic E-state index is 0. The Morgan fingerprint density at radius 1 is 1.38 bits per heavy atom. The fourth-order valence-corrected chi connectivity index (χ4v) is 1.38. The van der Waals surface area contributed by atoms with Crippen LogP contribution in [0.5, 0.6) is 0 Å². The SMILES string of the molecule is CC1(Cl)CCCC1.[H-].[H-].[Mg+2]. The van der Waals surface area contributed by atoms with Crippen molar-refractivity contribution >= 4 is 34.7 Å². The van der Waals surface area contributed by atoms with Crippen molar-refractivity contribution in [2.45, 2.75) is 37.5 Å². The van der Waals surface area contributed by atoms with Crippen LogP contribution in [0.15, 0.2) is 0 Å². The van der Waals surface area contributed by atoms with Crippen molar-refractivity contribution in [3.05, 3.63) is 0 Å². The predicted octanol–water partition coefficient (Wildman–Crippen LogP) is 2.40. The Labute approximate surface area is 75.1 Å². The summed E-state index contributed by atoms with van der Waals surface area (Å²) >= 11 is 5.97. The molecule has 1 saturated carbocycles. The molecule has 0 aromatic carbocycles. The number of rotatable bonds is 0. The fraction of sp³-hybridized carbons (Fsp3) is 1.00. The summed E-state index contributed by atoms with van der Waals surface area (Å²) in [6, 6.07) is 0. The van der Waals surface area contributed by atoms with Crippen LogP contribution in [0.2, 0.25) is 0 Å². The maximum absolute atomic E-state index is 5.97. The van der Waals surface area contributed by atoms with Crippen LogP contribution < -0.4 is 0 Å². The summed E-state index contributed by atoms with van der Waals surface area (Å²) in [7, 11) is 0. The van der Waals surface area contributed by atoms with E-state index < -0.39 is 0 Å². The van der Waals surface area contributed by atoms with E-state index in [2.05, 4.69) is 6.92 Å². The Balaban J connectivity index is -0.000000163. The molecule has 0 heterocycles. The molecule has 0 unspecified atom stereocenters. The second kappa shape index (κ2) is 3.28. The van der Waals surface area contributed by atoms with Gasteiger partial charge in [0.15, 0.2) is 0 Å². The number of hydrogen-bond donors (Lipinski definition) is 0. The van der Waals surface area contributed by atoms with Gasteiger partial charge in [-0.2, -0.15) is 0 Å². The maximum atomic E-state index is 5.97. The maximum Gasteiger partial charge on any atom is 2.00 e. The molecule has 1 fully saturated rings. The molecule has 0 bridgehead atoms. The van der Waals surface area contributed by atoms with E-state index in [1.807, 2.05) is 0 Å². The van der Waals surface area contributed by atoms with Crippen LogP contribution in [-0.2, 0) is 0 Å². The fourth-order valence-electron chi connectivity index (χ4n) is 1.11. The van der Waals surface area contributed by atoms with Gasteiger partial charge in [-0.05, 0) is 19.8 Å². The van der Waals surface area contributed by atoms with Gasteiger partial charge in [-0.3, -0.25) is 0 Å². The predicted molar refractivity (Wildman–Crippen MR) is 40.7 cm³/mol. The molecule has 8 heavy (non-hydrogen) atoms. The van der Waals surface area contributed by atoms with Crippen molar-refractivity contribution in [1.29, 1.82) is 0 Å². The minimum Gasteiger partial charge on any atom is -1.00 e. The van der Waals surface area contributed by atoms with E-state index in [9.17, 15) is 0 Å². The van der Waals surface area contributed by atoms with Crippen molar-refractivity contribution in [2.75, 3.05) is 0 Å². The Morgan fingerprint density at radius 2 is 1.75 bits per heavy atom. The zero-order valence-electron chi connectivity index (χ0n) is 7.41. The first-order valence-electron chi connectivity index (χ1n) is 2.90. The Bertz CT molecular complexity index is 70.1. The normalized spacial score (nSPS) is 24.8. The van der Waals surface area contributed by atoms with Crippen LogP contribution in [0.1, 0.15) is 35.5 Å². The average Bonchev–Trinajstić information content (AvgIpc) is 1.84. The van der Waals surface area contributed by atoms with Crippen molar-refractivity contribution < 1.29 is 2.85 Å². The molecular formula is C6H13ClMg. The third-order valence-corrected chi connectivity index (χ3v) is 2.02. The van der Waals surface area contributed by atoms with Crippen LogP contribution in [0.4, 0.5) is 0 Å². The summed E-state index contributed by atoms with van der Waals surface area (Å²) in [4.78, 5) is 0.167. The Kier molecular flexibility index (Phi) is 3.71. The van der Waals surface area contributed by atoms with E-state index in [0.717, 1.165) is 0 Å². The first-order chi connectivity index (χ1) is 3.21. The second-order valence-electron chi connectivity index (χ2n) is 2.62. The molecule has 1 aliphatic rings. The molecule has 0 N–H and O–H groups in total. The summed E-state index contributed by atoms with van der Waals surface area (Å²) in [6.07, 6.45) is 5.10. The molecule has 0 radical (unpaired) electrons. The largest absolute Gasteiger partial charge is 2.00 e. The van der Waals surface area contributed by atoms with Crippen LogP contribution in [-0.4, -0.2) is 27.9 Å². The van der Waals surface area contributed by atoms with Crippen LogP contribution in [0.25, 0.3) is 0 Å². The van der Waals surface area contributed by atoms with Gasteiger partial charge in [0.05, 0.1) is 0 Å². The standard InChI is InChI=1S/C6H11Cl.Mg.2H/c1-6(7)4-2-3-5-6;;;/h2-5H2,1H3;;;/q;+2;2*-1. The molecule has 46 valence electrons. The van der Waals surface area contributed by atoms with Gasteiger partial charge in [0.1, 0.15) is 0 Å². The van der Waals surface area contributed by atoms with Gasteiger partial charge in [0.25, 0.3) is 0 Å². The van der Waals surface area contributed by atoms with E-state index in [-0.39, 0.29) is 30.8 Å². The van der Waals surface area contributed by atoms with Crippen LogP contribution >= 0.6 is 11.6 Å². The molecule has 1 aliphatic carbocycles. The zero-order valence-corrected chi connectivity index (χ0v) is 7.58. The summed E-state index contributed by atoms with van der Waals surface area (Å²) in [5.41, 5.74) is 0. The minimum absolute atomic E-state index is 0. The molecule has 2 heteroatoms. The molecule has 0 aromatic heterocycles. The number of halogens is 1. The van der Waals surface area contributed by atoms with Gasteiger partial charge in [0, 0.05) is 4.87 Å². The van der Waals surface area contributed by atoms with Gasteiger partial charge in [-0.15, -0.1) is 11.6 Å². The summed E-state index contributed by atoms with van der Waals surface area (Å²) in [6.45, 7) is 2.13. The quantitative estimate of drug-likeness (QED) is 0.362. The Hall–Kier alpha value is 1.06. The number of hydrogen-bond acceptors (Lipinski definition) is 0. The van der Waals surface area contributed by atoms with E-state index in [0.29, 0.717) is 0 Å². The third kappa shape index (κ3) is 2.56. The molecule has 1 rings (SSSR count). The molecule has 0 aromatic rings. The molecule has 0 aliphatic heterocycles. The van der Waals surface area contributed by atoms with E-state index >= 15 is 0 Å². The van der Waals surface area contributed by atoms with Crippen molar-refractivity contribution in [1.82, 2.24) is 0 Å². The first-order valence-corrected chi connectivity index (χ1v) is 3.27. The van der Waals surface area contributed by atoms with E-state index in [1.165, 1.54) is 25.7 Å². The molecule has 0 amide bonds. The molecule has 0 spiro atoms. The van der Waals surface area contributed by atoms with E-state index in [1.54, 1.807) is 0 Å². The summed E-state index contributed by atoms with van der Waals surface area (Å²) < 4.78 is 0. The second-order valence-corrected chi connectivity index (χ2v) is 3.53. The molecule has 0 atom stereocenters. The summed E-state index contributed by atoms with van der Waals surface area (Å²) in [5.74, 6) is 0. The van der Waals surface area contributed by atoms with Crippen molar-refractivity contribution in [3.63, 3.8) is 0 Å². The molecular weight excluding hydrogens is 132 g/mol. The summed E-state index contributed by atoms with van der Waals surface area (Å²) in [5, 5.41) is 0. The van der Waals surface area contributed by atoms with Gasteiger partial charge in [-0.25, -0.2) is 0 Å². The van der Waals surface area contributed by atoms with Crippen LogP contribution in [0.3, 0.4) is 0 Å². The van der Waals surface area contributed by atoms with E-state index in [4.69, 9.17) is 11.6 Å². The molecule has 0 saturated heterocycles. The van der Waals surface area contributed by atoms with Gasteiger partial charge in [0.2, 0.25) is 0 Å². The topological polar surface area (TPSA) is 0 Å². The zero-order chi connectivity index (χ0) is 5.33. The van der Waals surface area contributed by atoms with Gasteiger partial charge in [-0.1, -0.05) is 12.8 Å². The first kappa shape index (κ1) is 9.06. The van der Waals surface area contributed by atoms with Gasteiger partial charge < -0.3 is 2.85 Å². The Morgan fingerprint density at radius 3 is 1.88 bits per heavy atom.